The van der Waals surface area contributed by atoms with Crippen molar-refractivity contribution < 1.29 is 0 Å². The largest absolute Gasteiger partial charge is 0.0851 e. The molecule has 104 valence electrons. The molecular weight excluding hydrogens is 216 g/mol. The molecule has 18 heavy (non-hydrogen) atoms. The van der Waals surface area contributed by atoms with Crippen molar-refractivity contribution >= 4 is 0 Å². The fourth-order valence-electron chi connectivity index (χ4n) is 4.17. The van der Waals surface area contributed by atoms with Crippen LogP contribution >= 0.6 is 0 Å². The van der Waals surface area contributed by atoms with E-state index in [1.807, 2.05) is 0 Å². The predicted octanol–water partition coefficient (Wildman–Crippen LogP) is 5.98. The van der Waals surface area contributed by atoms with Crippen molar-refractivity contribution in [2.45, 2.75) is 79.1 Å². The van der Waals surface area contributed by atoms with Gasteiger partial charge in [-0.2, -0.15) is 0 Å². The second-order valence-corrected chi connectivity index (χ2v) is 7.73. The predicted molar refractivity (Wildman–Crippen MR) is 80.6 cm³/mol. The van der Waals surface area contributed by atoms with Crippen LogP contribution in [0.25, 0.3) is 0 Å². The molecule has 0 saturated heterocycles. The van der Waals surface area contributed by atoms with Gasteiger partial charge in [0.2, 0.25) is 0 Å². The average Bonchev–Trinajstić information content (AvgIpc) is 2.31. The minimum Gasteiger partial charge on any atom is -0.0851 e. The van der Waals surface area contributed by atoms with Crippen LogP contribution in [0.4, 0.5) is 0 Å². The van der Waals surface area contributed by atoms with Gasteiger partial charge in [-0.1, -0.05) is 45.3 Å². The van der Waals surface area contributed by atoms with Crippen molar-refractivity contribution in [3.05, 3.63) is 11.6 Å². The molecule has 0 aliphatic heterocycles. The third-order valence-corrected chi connectivity index (χ3v) is 5.77. The van der Waals surface area contributed by atoms with Crippen molar-refractivity contribution in [1.82, 2.24) is 0 Å². The second kappa shape index (κ2) is 5.80. The highest BCUT2D eigenvalue weighted by Crippen LogP contribution is 2.44. The Morgan fingerprint density at radius 2 is 2.00 bits per heavy atom. The summed E-state index contributed by atoms with van der Waals surface area (Å²) in [6.45, 7) is 9.79. The topological polar surface area (TPSA) is 0 Å². The molecule has 0 aromatic rings. The van der Waals surface area contributed by atoms with Crippen LogP contribution in [-0.4, -0.2) is 0 Å². The van der Waals surface area contributed by atoms with Gasteiger partial charge in [-0.05, 0) is 68.6 Å². The molecule has 0 N–H and O–H groups in total. The molecular formula is C18H32. The first kappa shape index (κ1) is 14.2. The van der Waals surface area contributed by atoms with Crippen LogP contribution < -0.4 is 0 Å². The molecule has 0 nitrogen and oxygen atoms in total. The van der Waals surface area contributed by atoms with E-state index in [0.29, 0.717) is 5.41 Å². The van der Waals surface area contributed by atoms with Gasteiger partial charge < -0.3 is 0 Å². The number of hydrogen-bond acceptors (Lipinski definition) is 0. The molecule has 0 aromatic heterocycles. The van der Waals surface area contributed by atoms with Crippen LogP contribution in [0.3, 0.4) is 0 Å². The van der Waals surface area contributed by atoms with Crippen LogP contribution in [0, 0.1) is 23.2 Å². The highest BCUT2D eigenvalue weighted by atomic mass is 14.4. The van der Waals surface area contributed by atoms with Crippen LogP contribution in [0.15, 0.2) is 11.6 Å². The quantitative estimate of drug-likeness (QED) is 0.539. The Kier molecular flexibility index (Phi) is 4.56. The summed E-state index contributed by atoms with van der Waals surface area (Å²) < 4.78 is 0. The maximum atomic E-state index is 2.50. The first-order valence-electron chi connectivity index (χ1n) is 8.15. The summed E-state index contributed by atoms with van der Waals surface area (Å²) in [4.78, 5) is 0. The zero-order valence-corrected chi connectivity index (χ0v) is 13.0. The van der Waals surface area contributed by atoms with Crippen LogP contribution in [0.1, 0.15) is 79.1 Å². The van der Waals surface area contributed by atoms with E-state index in [1.54, 1.807) is 5.57 Å². The van der Waals surface area contributed by atoms with Gasteiger partial charge in [0.15, 0.2) is 0 Å². The fourth-order valence-corrected chi connectivity index (χ4v) is 4.17. The molecule has 0 bridgehead atoms. The standard InChI is InChI=1S/C18H32/c1-14-8-9-15(2)16(13-14)10-11-17-7-5-6-12-18(17,3)4/h9,14,16-17H,5-8,10-13H2,1-4H3. The first-order chi connectivity index (χ1) is 8.49. The van der Waals surface area contributed by atoms with Crippen molar-refractivity contribution in [3.63, 3.8) is 0 Å². The van der Waals surface area contributed by atoms with E-state index in [4.69, 9.17) is 0 Å². The molecule has 3 unspecified atom stereocenters. The van der Waals surface area contributed by atoms with Gasteiger partial charge in [-0.15, -0.1) is 0 Å². The molecule has 0 heteroatoms. The molecule has 0 spiro atoms. The van der Waals surface area contributed by atoms with E-state index in [1.165, 1.54) is 51.4 Å². The Hall–Kier alpha value is -0.260. The lowest BCUT2D eigenvalue weighted by Crippen LogP contribution is -2.28. The van der Waals surface area contributed by atoms with E-state index < -0.39 is 0 Å². The normalized spacial score (nSPS) is 36.2. The minimum atomic E-state index is 0.607. The third kappa shape index (κ3) is 3.39. The van der Waals surface area contributed by atoms with Gasteiger partial charge in [0.05, 0.1) is 0 Å². The Bertz CT molecular complexity index is 297. The zero-order valence-electron chi connectivity index (χ0n) is 13.0. The minimum absolute atomic E-state index is 0.607. The van der Waals surface area contributed by atoms with Gasteiger partial charge in [-0.25, -0.2) is 0 Å². The Morgan fingerprint density at radius 1 is 1.22 bits per heavy atom. The molecule has 2 aliphatic carbocycles. The second-order valence-electron chi connectivity index (χ2n) is 7.73. The van der Waals surface area contributed by atoms with E-state index in [0.717, 1.165) is 17.8 Å². The summed E-state index contributed by atoms with van der Waals surface area (Å²) in [6, 6.07) is 0. The van der Waals surface area contributed by atoms with Crippen LogP contribution in [0.2, 0.25) is 0 Å². The van der Waals surface area contributed by atoms with Gasteiger partial charge in [0, 0.05) is 0 Å². The number of hydrogen-bond donors (Lipinski definition) is 0. The summed E-state index contributed by atoms with van der Waals surface area (Å²) in [7, 11) is 0. The van der Waals surface area contributed by atoms with Crippen molar-refractivity contribution in [2.75, 3.05) is 0 Å². The van der Waals surface area contributed by atoms with Crippen molar-refractivity contribution in [3.8, 4) is 0 Å². The van der Waals surface area contributed by atoms with E-state index in [9.17, 15) is 0 Å². The molecule has 2 aliphatic rings. The lowest BCUT2D eigenvalue weighted by molar-refractivity contribution is 0.121. The molecule has 1 saturated carbocycles. The van der Waals surface area contributed by atoms with Gasteiger partial charge in [0.1, 0.15) is 0 Å². The third-order valence-electron chi connectivity index (χ3n) is 5.77. The Labute approximate surface area is 114 Å². The molecule has 0 aromatic carbocycles. The maximum Gasteiger partial charge on any atom is -0.0203 e. The summed E-state index contributed by atoms with van der Waals surface area (Å²) in [5.74, 6) is 2.79. The molecule has 0 radical (unpaired) electrons. The van der Waals surface area contributed by atoms with Gasteiger partial charge >= 0.3 is 0 Å². The lowest BCUT2D eigenvalue weighted by Gasteiger charge is -2.40. The van der Waals surface area contributed by atoms with E-state index in [2.05, 4.69) is 33.8 Å². The summed E-state index contributed by atoms with van der Waals surface area (Å²) >= 11 is 0. The Morgan fingerprint density at radius 3 is 2.72 bits per heavy atom. The highest BCUT2D eigenvalue weighted by molar-refractivity contribution is 5.08. The van der Waals surface area contributed by atoms with Gasteiger partial charge in [-0.3, -0.25) is 0 Å². The zero-order chi connectivity index (χ0) is 13.2. The average molecular weight is 248 g/mol. The molecule has 1 fully saturated rings. The fraction of sp³-hybridized carbons (Fsp3) is 0.889. The summed E-state index contributed by atoms with van der Waals surface area (Å²) in [5, 5.41) is 0. The SMILES string of the molecule is CC1=CCC(C)CC1CCC1CCCCC1(C)C. The Balaban J connectivity index is 1.87. The number of rotatable bonds is 3. The smallest absolute Gasteiger partial charge is 0.0203 e. The lowest BCUT2D eigenvalue weighted by atomic mass is 9.66. The monoisotopic (exact) mass is 248 g/mol. The molecule has 3 atom stereocenters. The van der Waals surface area contributed by atoms with Crippen LogP contribution in [-0.2, 0) is 0 Å². The van der Waals surface area contributed by atoms with Gasteiger partial charge in [0.25, 0.3) is 0 Å². The molecule has 0 heterocycles. The van der Waals surface area contributed by atoms with E-state index in [-0.39, 0.29) is 0 Å². The summed E-state index contributed by atoms with van der Waals surface area (Å²) in [6.07, 6.45) is 14.0. The highest BCUT2D eigenvalue weighted by Gasteiger charge is 2.32. The first-order valence-corrected chi connectivity index (χ1v) is 8.15. The van der Waals surface area contributed by atoms with Crippen molar-refractivity contribution in [1.29, 1.82) is 0 Å². The molecule has 0 amide bonds. The van der Waals surface area contributed by atoms with E-state index >= 15 is 0 Å². The van der Waals surface area contributed by atoms with Crippen LogP contribution in [0.5, 0.6) is 0 Å². The molecule has 2 rings (SSSR count). The number of allylic oxidation sites excluding steroid dienone is 2. The summed E-state index contributed by atoms with van der Waals surface area (Å²) in [5.41, 5.74) is 2.29. The maximum absolute atomic E-state index is 2.50. The van der Waals surface area contributed by atoms with Crippen molar-refractivity contribution in [2.24, 2.45) is 23.2 Å².